The summed E-state index contributed by atoms with van der Waals surface area (Å²) >= 11 is 0. The number of hydrogen-bond donors (Lipinski definition) is 2. The average molecular weight is 431 g/mol. The van der Waals surface area contributed by atoms with E-state index in [1.165, 1.54) is 0 Å². The van der Waals surface area contributed by atoms with Gasteiger partial charge in [-0.25, -0.2) is 0 Å². The average Bonchev–Trinajstić information content (AvgIpc) is 3.53. The molecule has 0 unspecified atom stereocenters. The number of ether oxygens (including phenoxy) is 2. The van der Waals surface area contributed by atoms with Gasteiger partial charge in [-0.2, -0.15) is 5.10 Å². The lowest BCUT2D eigenvalue weighted by atomic mass is 9.95. The smallest absolute Gasteiger partial charge is 0.273 e. The fourth-order valence-corrected chi connectivity index (χ4v) is 4.18. The van der Waals surface area contributed by atoms with Crippen molar-refractivity contribution in [2.24, 2.45) is 0 Å². The van der Waals surface area contributed by atoms with E-state index in [2.05, 4.69) is 10.2 Å². The minimum absolute atomic E-state index is 0.0878. The van der Waals surface area contributed by atoms with Gasteiger partial charge in [-0.1, -0.05) is 18.2 Å². The molecule has 0 fully saturated rings. The molecule has 1 amide bonds. The van der Waals surface area contributed by atoms with E-state index in [4.69, 9.17) is 13.9 Å². The number of phenolic OH excluding ortho intramolecular Hbond substituents is 1. The number of hydrogen-bond acceptors (Lipinski definition) is 6. The van der Waals surface area contributed by atoms with Gasteiger partial charge in [0.15, 0.2) is 11.5 Å². The van der Waals surface area contributed by atoms with Gasteiger partial charge < -0.3 is 23.9 Å². The highest BCUT2D eigenvalue weighted by atomic mass is 16.5. The van der Waals surface area contributed by atoms with Crippen LogP contribution in [0.4, 0.5) is 0 Å². The van der Waals surface area contributed by atoms with Crippen LogP contribution in [0.15, 0.2) is 65.3 Å². The summed E-state index contributed by atoms with van der Waals surface area (Å²) in [5.74, 6) is 1.68. The number of nitrogens with one attached hydrogen (secondary N) is 1. The van der Waals surface area contributed by atoms with Crippen molar-refractivity contribution in [3.8, 4) is 28.5 Å². The van der Waals surface area contributed by atoms with E-state index in [1.807, 2.05) is 24.3 Å². The van der Waals surface area contributed by atoms with Gasteiger partial charge in [0.05, 0.1) is 33.1 Å². The first-order valence-electron chi connectivity index (χ1n) is 10.0. The van der Waals surface area contributed by atoms with Gasteiger partial charge in [0.2, 0.25) is 0 Å². The molecule has 2 aromatic carbocycles. The lowest BCUT2D eigenvalue weighted by molar-refractivity contribution is 0.0717. The Hall–Kier alpha value is -4.20. The number of benzene rings is 2. The van der Waals surface area contributed by atoms with Gasteiger partial charge in [-0.3, -0.25) is 9.89 Å². The molecule has 3 heterocycles. The van der Waals surface area contributed by atoms with Crippen molar-refractivity contribution >= 4 is 5.91 Å². The molecule has 2 aromatic heterocycles. The zero-order chi connectivity index (χ0) is 22.2. The lowest BCUT2D eigenvalue weighted by Gasteiger charge is -2.26. The highest BCUT2D eigenvalue weighted by Crippen LogP contribution is 2.46. The second-order valence-electron chi connectivity index (χ2n) is 7.41. The number of aromatic nitrogens is 2. The van der Waals surface area contributed by atoms with Crippen LogP contribution >= 0.6 is 0 Å². The number of carbonyl (C=O) groups excluding carboxylic acids is 1. The number of nitrogens with zero attached hydrogens (tertiary/aromatic N) is 2. The second-order valence-corrected chi connectivity index (χ2v) is 7.41. The van der Waals surface area contributed by atoms with Crippen molar-refractivity contribution in [2.75, 3.05) is 14.2 Å². The molecule has 32 heavy (non-hydrogen) atoms. The molecule has 8 nitrogen and oxygen atoms in total. The van der Waals surface area contributed by atoms with Crippen LogP contribution in [0.2, 0.25) is 0 Å². The number of para-hydroxylation sites is 1. The highest BCUT2D eigenvalue weighted by molar-refractivity contribution is 6.00. The van der Waals surface area contributed by atoms with Crippen LogP contribution in [0.5, 0.6) is 17.2 Å². The van der Waals surface area contributed by atoms with Crippen LogP contribution in [-0.2, 0) is 6.54 Å². The molecule has 0 radical (unpaired) electrons. The van der Waals surface area contributed by atoms with Crippen LogP contribution in [0.1, 0.15) is 33.4 Å². The molecular formula is C24H21N3O5. The molecule has 0 aliphatic carbocycles. The molecule has 0 bridgehead atoms. The monoisotopic (exact) mass is 431 g/mol. The number of rotatable bonds is 6. The van der Waals surface area contributed by atoms with Gasteiger partial charge in [0.25, 0.3) is 5.91 Å². The molecule has 5 rings (SSSR count). The van der Waals surface area contributed by atoms with Crippen LogP contribution < -0.4 is 9.47 Å². The number of fused-ring (bicyclic) bond motifs is 1. The molecule has 0 saturated carbocycles. The summed E-state index contributed by atoms with van der Waals surface area (Å²) in [4.78, 5) is 15.1. The number of phenols is 1. The van der Waals surface area contributed by atoms with Crippen molar-refractivity contribution in [3.05, 3.63) is 83.4 Å². The molecule has 4 aromatic rings. The third-order valence-electron chi connectivity index (χ3n) is 5.65. The summed E-state index contributed by atoms with van der Waals surface area (Å²) in [6.45, 7) is 0.271. The Labute approximate surface area is 184 Å². The van der Waals surface area contributed by atoms with Gasteiger partial charge in [0.1, 0.15) is 22.9 Å². The Morgan fingerprint density at radius 1 is 1.09 bits per heavy atom. The third-order valence-corrected chi connectivity index (χ3v) is 5.65. The first-order chi connectivity index (χ1) is 15.6. The maximum absolute atomic E-state index is 13.4. The Morgan fingerprint density at radius 3 is 2.62 bits per heavy atom. The molecule has 0 saturated heterocycles. The summed E-state index contributed by atoms with van der Waals surface area (Å²) in [6, 6.07) is 15.6. The van der Waals surface area contributed by atoms with E-state index in [-0.39, 0.29) is 18.2 Å². The fraction of sp³-hybridized carbons (Fsp3) is 0.167. The molecule has 1 atom stereocenters. The van der Waals surface area contributed by atoms with E-state index in [9.17, 15) is 9.90 Å². The number of furan rings is 1. The Balaban J connectivity index is 1.69. The quantitative estimate of drug-likeness (QED) is 0.476. The van der Waals surface area contributed by atoms with Crippen LogP contribution in [0, 0.1) is 0 Å². The van der Waals surface area contributed by atoms with Crippen LogP contribution in [0.3, 0.4) is 0 Å². The van der Waals surface area contributed by atoms with E-state index < -0.39 is 6.04 Å². The number of aromatic hydroxyl groups is 1. The Bertz CT molecular complexity index is 1280. The predicted molar refractivity (Wildman–Crippen MR) is 116 cm³/mol. The van der Waals surface area contributed by atoms with Gasteiger partial charge in [-0.15, -0.1) is 0 Å². The van der Waals surface area contributed by atoms with Crippen LogP contribution in [-0.4, -0.2) is 40.3 Å². The van der Waals surface area contributed by atoms with Gasteiger partial charge in [0, 0.05) is 11.1 Å². The minimum atomic E-state index is -0.476. The van der Waals surface area contributed by atoms with Crippen molar-refractivity contribution in [3.63, 3.8) is 0 Å². The highest BCUT2D eigenvalue weighted by Gasteiger charge is 2.43. The van der Waals surface area contributed by atoms with E-state index in [0.717, 1.165) is 5.56 Å². The molecule has 162 valence electrons. The van der Waals surface area contributed by atoms with Crippen LogP contribution in [0.25, 0.3) is 11.3 Å². The predicted octanol–water partition coefficient (Wildman–Crippen LogP) is 4.14. The van der Waals surface area contributed by atoms with Crippen molar-refractivity contribution in [1.82, 2.24) is 15.1 Å². The number of carbonyl (C=O) groups is 1. The molecule has 8 heteroatoms. The van der Waals surface area contributed by atoms with Gasteiger partial charge in [-0.05, 0) is 42.0 Å². The zero-order valence-corrected chi connectivity index (χ0v) is 17.5. The lowest BCUT2D eigenvalue weighted by Crippen LogP contribution is -2.29. The first-order valence-corrected chi connectivity index (χ1v) is 10.0. The number of methoxy groups -OCH3 is 2. The SMILES string of the molecule is COc1ccc([C@H]2c3c(-c4ccccc4O)n[nH]c3C(=O)N2Cc2ccco2)cc1OC. The normalized spacial score (nSPS) is 15.1. The molecule has 1 aliphatic heterocycles. The maximum atomic E-state index is 13.4. The number of amides is 1. The number of H-pyrrole nitrogens is 1. The third kappa shape index (κ3) is 3.08. The fourth-order valence-electron chi connectivity index (χ4n) is 4.18. The molecule has 0 spiro atoms. The van der Waals surface area contributed by atoms with Gasteiger partial charge >= 0.3 is 0 Å². The summed E-state index contributed by atoms with van der Waals surface area (Å²) in [5, 5.41) is 17.7. The van der Waals surface area contributed by atoms with E-state index >= 15 is 0 Å². The molecular weight excluding hydrogens is 410 g/mol. The Kier molecular flexibility index (Phi) is 4.82. The summed E-state index contributed by atoms with van der Waals surface area (Å²) in [6.07, 6.45) is 1.58. The van der Waals surface area contributed by atoms with E-state index in [0.29, 0.717) is 39.8 Å². The second kappa shape index (κ2) is 7.81. The maximum Gasteiger partial charge on any atom is 0.273 e. The summed E-state index contributed by atoms with van der Waals surface area (Å²) < 4.78 is 16.4. The molecule has 2 N–H and O–H groups in total. The Morgan fingerprint density at radius 2 is 1.91 bits per heavy atom. The standard InChI is InChI=1S/C24H21N3O5/c1-30-18-10-9-14(12-19(18)31-2)23-20-21(16-7-3-4-8-17(16)28)25-26-22(20)24(29)27(23)13-15-6-5-11-32-15/h3-12,23,28H,13H2,1-2H3,(H,25,26)/t23-/m0/s1. The molecule has 1 aliphatic rings. The summed E-state index contributed by atoms with van der Waals surface area (Å²) in [5.41, 5.74) is 2.96. The van der Waals surface area contributed by atoms with Crippen molar-refractivity contribution in [1.29, 1.82) is 0 Å². The zero-order valence-electron chi connectivity index (χ0n) is 17.5. The first kappa shape index (κ1) is 19.7. The topological polar surface area (TPSA) is 101 Å². The largest absolute Gasteiger partial charge is 0.507 e. The van der Waals surface area contributed by atoms with Crippen molar-refractivity contribution < 1.29 is 23.8 Å². The van der Waals surface area contributed by atoms with Crippen molar-refractivity contribution in [2.45, 2.75) is 12.6 Å². The summed E-state index contributed by atoms with van der Waals surface area (Å²) in [7, 11) is 3.14. The van der Waals surface area contributed by atoms with E-state index in [1.54, 1.807) is 55.7 Å². The minimum Gasteiger partial charge on any atom is -0.507 e. The number of aromatic amines is 1.